The summed E-state index contributed by atoms with van der Waals surface area (Å²) >= 11 is 0. The number of nitrogens with zero attached hydrogens (tertiary/aromatic N) is 1. The molecule has 1 N–H and O–H groups in total. The van der Waals surface area contributed by atoms with Crippen LogP contribution in [-0.2, 0) is 6.42 Å². The molecule has 1 unspecified atom stereocenters. The fourth-order valence-corrected chi connectivity index (χ4v) is 3.57. The van der Waals surface area contributed by atoms with Crippen molar-refractivity contribution in [1.82, 2.24) is 4.90 Å². The van der Waals surface area contributed by atoms with Gasteiger partial charge in [-0.2, -0.15) is 0 Å². The predicted octanol–water partition coefficient (Wildman–Crippen LogP) is 2.84. The lowest BCUT2D eigenvalue weighted by Gasteiger charge is -2.34. The van der Waals surface area contributed by atoms with E-state index in [9.17, 15) is 9.50 Å². The Morgan fingerprint density at radius 1 is 1.38 bits per heavy atom. The Bertz CT molecular complexity index is 455. The average Bonchev–Trinajstić information content (AvgIpc) is 2.46. The summed E-state index contributed by atoms with van der Waals surface area (Å²) in [7, 11) is 2.68. The summed E-state index contributed by atoms with van der Waals surface area (Å²) in [5.74, 6) is 0.248. The highest BCUT2D eigenvalue weighted by molar-refractivity contribution is 7.27. The monoisotopic (exact) mass is 311 g/mol. The van der Waals surface area contributed by atoms with E-state index in [1.54, 1.807) is 6.07 Å². The number of likely N-dealkylation sites (tertiary alicyclic amines) is 1. The van der Waals surface area contributed by atoms with E-state index in [1.807, 2.05) is 0 Å². The van der Waals surface area contributed by atoms with E-state index in [4.69, 9.17) is 0 Å². The largest absolute Gasteiger partial charge is 0.395 e. The molecular weight excluding hydrogens is 284 g/mol. The van der Waals surface area contributed by atoms with E-state index in [0.717, 1.165) is 35.9 Å². The summed E-state index contributed by atoms with van der Waals surface area (Å²) < 4.78 is 14.3. The topological polar surface area (TPSA) is 23.5 Å². The minimum absolute atomic E-state index is 0.0937. The highest BCUT2D eigenvalue weighted by atomic mass is 31.0. The molecule has 2 atom stereocenters. The van der Waals surface area contributed by atoms with Crippen LogP contribution < -0.4 is 5.30 Å². The summed E-state index contributed by atoms with van der Waals surface area (Å²) in [4.78, 5) is 2.31. The molecule has 1 aliphatic heterocycles. The first-order valence-corrected chi connectivity index (χ1v) is 8.53. The molecule has 1 aliphatic rings. The Balaban J connectivity index is 2.06. The Hall–Kier alpha value is -0.500. The van der Waals surface area contributed by atoms with Gasteiger partial charge >= 0.3 is 0 Å². The van der Waals surface area contributed by atoms with Crippen molar-refractivity contribution in [3.05, 3.63) is 29.1 Å². The number of hydrogen-bond acceptors (Lipinski definition) is 2. The molecule has 1 aromatic rings. The molecule has 118 valence electrons. The molecule has 1 aromatic carbocycles. The number of halogens is 1. The predicted molar refractivity (Wildman–Crippen MR) is 89.8 cm³/mol. The van der Waals surface area contributed by atoms with Crippen molar-refractivity contribution >= 4 is 14.5 Å². The first-order chi connectivity index (χ1) is 10.0. The van der Waals surface area contributed by atoms with Crippen LogP contribution in [0.2, 0.25) is 0 Å². The van der Waals surface area contributed by atoms with Gasteiger partial charge < -0.3 is 5.11 Å². The zero-order valence-electron chi connectivity index (χ0n) is 13.1. The molecule has 21 heavy (non-hydrogen) atoms. The van der Waals surface area contributed by atoms with Crippen LogP contribution in [0.1, 0.15) is 50.2 Å². The molecule has 0 aliphatic carbocycles. The van der Waals surface area contributed by atoms with Gasteiger partial charge in [-0.15, -0.1) is 9.24 Å². The zero-order chi connectivity index (χ0) is 15.4. The van der Waals surface area contributed by atoms with E-state index < -0.39 is 0 Å². The van der Waals surface area contributed by atoms with Gasteiger partial charge in [0.25, 0.3) is 0 Å². The van der Waals surface area contributed by atoms with Crippen molar-refractivity contribution in [1.29, 1.82) is 0 Å². The maximum atomic E-state index is 14.3. The molecule has 1 fully saturated rings. The third-order valence-electron chi connectivity index (χ3n) is 4.53. The van der Waals surface area contributed by atoms with Gasteiger partial charge in [-0.3, -0.25) is 4.90 Å². The van der Waals surface area contributed by atoms with Gasteiger partial charge in [-0.1, -0.05) is 26.3 Å². The van der Waals surface area contributed by atoms with Crippen molar-refractivity contribution in [3.63, 3.8) is 0 Å². The minimum atomic E-state index is -0.0937. The maximum absolute atomic E-state index is 14.3. The summed E-state index contributed by atoms with van der Waals surface area (Å²) in [5, 5.41) is 10.4. The Morgan fingerprint density at radius 2 is 2.14 bits per heavy atom. The van der Waals surface area contributed by atoms with Crippen LogP contribution in [0.5, 0.6) is 0 Å². The minimum Gasteiger partial charge on any atom is -0.395 e. The summed E-state index contributed by atoms with van der Waals surface area (Å²) in [6.45, 7) is 6.21. The van der Waals surface area contributed by atoms with Crippen LogP contribution in [0.4, 0.5) is 4.39 Å². The Labute approximate surface area is 129 Å². The summed E-state index contributed by atoms with van der Waals surface area (Å²) in [6.07, 6.45) is 4.13. The van der Waals surface area contributed by atoms with E-state index in [-0.39, 0.29) is 18.5 Å². The maximum Gasteiger partial charge on any atom is 0.127 e. The SMILES string of the molecule is CC(C)c1cc(F)c(CCN2CCCC[C@H]2CO)c(P)c1. The lowest BCUT2D eigenvalue weighted by Crippen LogP contribution is -2.43. The van der Waals surface area contributed by atoms with Crippen LogP contribution in [0.3, 0.4) is 0 Å². The number of rotatable bonds is 5. The highest BCUT2D eigenvalue weighted by Gasteiger charge is 2.22. The molecule has 2 nitrogen and oxygen atoms in total. The van der Waals surface area contributed by atoms with Crippen LogP contribution >= 0.6 is 9.24 Å². The molecule has 0 amide bonds. The molecule has 1 heterocycles. The van der Waals surface area contributed by atoms with Crippen LogP contribution in [0.15, 0.2) is 12.1 Å². The van der Waals surface area contributed by atoms with Gasteiger partial charge in [0, 0.05) is 12.6 Å². The van der Waals surface area contributed by atoms with Crippen LogP contribution in [0, 0.1) is 5.82 Å². The third-order valence-corrected chi connectivity index (χ3v) is 5.04. The molecular formula is C17H27FNOP. The smallest absolute Gasteiger partial charge is 0.127 e. The number of benzene rings is 1. The standard InChI is InChI=1S/C17H27FNOP/c1-12(2)13-9-16(18)15(17(21)10-13)6-8-19-7-4-3-5-14(19)11-20/h9-10,12,14,20H,3-8,11,21H2,1-2H3/t14-/m0/s1. The first-order valence-electron chi connectivity index (χ1n) is 7.95. The van der Waals surface area contributed by atoms with Crippen molar-refractivity contribution in [2.24, 2.45) is 0 Å². The number of aliphatic hydroxyl groups is 1. The first kappa shape index (κ1) is 16.9. The molecule has 1 saturated heterocycles. The Morgan fingerprint density at radius 3 is 2.76 bits per heavy atom. The van der Waals surface area contributed by atoms with Crippen molar-refractivity contribution < 1.29 is 9.50 Å². The van der Waals surface area contributed by atoms with Gasteiger partial charge in [0.15, 0.2) is 0 Å². The average molecular weight is 311 g/mol. The molecule has 0 bridgehead atoms. The van der Waals surface area contributed by atoms with Crippen molar-refractivity contribution in [2.45, 2.75) is 51.5 Å². The fraction of sp³-hybridized carbons (Fsp3) is 0.647. The quantitative estimate of drug-likeness (QED) is 0.845. The fourth-order valence-electron chi connectivity index (χ4n) is 3.09. The third kappa shape index (κ3) is 4.25. The van der Waals surface area contributed by atoms with Gasteiger partial charge in [0.2, 0.25) is 0 Å². The summed E-state index contributed by atoms with van der Waals surface area (Å²) in [5.41, 5.74) is 1.85. The number of hydrogen-bond donors (Lipinski definition) is 1. The number of aliphatic hydroxyl groups excluding tert-OH is 1. The molecule has 2 rings (SSSR count). The van der Waals surface area contributed by atoms with E-state index in [2.05, 4.69) is 34.1 Å². The second kappa shape index (κ2) is 7.67. The normalized spacial score (nSPS) is 20.2. The van der Waals surface area contributed by atoms with Crippen molar-refractivity contribution in [3.8, 4) is 0 Å². The van der Waals surface area contributed by atoms with E-state index in [0.29, 0.717) is 12.3 Å². The van der Waals surface area contributed by atoms with E-state index >= 15 is 0 Å². The molecule has 0 saturated carbocycles. The highest BCUT2D eigenvalue weighted by Crippen LogP contribution is 2.21. The zero-order valence-corrected chi connectivity index (χ0v) is 14.3. The lowest BCUT2D eigenvalue weighted by molar-refractivity contribution is 0.0912. The molecule has 0 spiro atoms. The van der Waals surface area contributed by atoms with Crippen molar-refractivity contribution in [2.75, 3.05) is 19.7 Å². The molecule has 4 heteroatoms. The van der Waals surface area contributed by atoms with Crippen LogP contribution in [0.25, 0.3) is 0 Å². The van der Waals surface area contributed by atoms with Gasteiger partial charge in [0.1, 0.15) is 5.82 Å². The number of piperidine rings is 1. The molecule has 0 radical (unpaired) electrons. The molecule has 0 aromatic heterocycles. The summed E-state index contributed by atoms with van der Waals surface area (Å²) in [6, 6.07) is 4.01. The van der Waals surface area contributed by atoms with Gasteiger partial charge in [0.05, 0.1) is 6.61 Å². The van der Waals surface area contributed by atoms with Gasteiger partial charge in [-0.05, 0) is 54.2 Å². The second-order valence-corrected chi connectivity index (χ2v) is 6.97. The van der Waals surface area contributed by atoms with Gasteiger partial charge in [-0.25, -0.2) is 4.39 Å². The second-order valence-electron chi connectivity index (χ2n) is 6.34. The van der Waals surface area contributed by atoms with E-state index in [1.165, 1.54) is 12.8 Å². The van der Waals surface area contributed by atoms with Crippen LogP contribution in [-0.4, -0.2) is 35.7 Å². The Kier molecular flexibility index (Phi) is 6.16. The lowest BCUT2D eigenvalue weighted by atomic mass is 9.98.